The lowest BCUT2D eigenvalue weighted by atomic mass is 9.63. The summed E-state index contributed by atoms with van der Waals surface area (Å²) in [6, 6.07) is 0. The first kappa shape index (κ1) is 42.6. The van der Waals surface area contributed by atoms with E-state index in [1.165, 1.54) is 57.8 Å². The molecular formula is C39H75NO4. The number of hydrogen-bond acceptors (Lipinski definition) is 5. The molecule has 5 heteroatoms. The average molecular weight is 622 g/mol. The summed E-state index contributed by atoms with van der Waals surface area (Å²) in [6.45, 7) is 25.0. The maximum Gasteiger partial charge on any atom is 0.312 e. The van der Waals surface area contributed by atoms with Crippen LogP contribution in [0.4, 0.5) is 0 Å². The van der Waals surface area contributed by atoms with Gasteiger partial charge in [0.2, 0.25) is 0 Å². The molecule has 0 aromatic heterocycles. The number of esters is 2. The molecule has 0 aromatic rings. The summed E-state index contributed by atoms with van der Waals surface area (Å²) in [6.07, 6.45) is 19.0. The molecule has 0 amide bonds. The number of nitrogens with zero attached hydrogens (tertiary/aromatic N) is 1. The van der Waals surface area contributed by atoms with E-state index in [1.54, 1.807) is 0 Å². The van der Waals surface area contributed by atoms with Crippen LogP contribution >= 0.6 is 0 Å². The third kappa shape index (κ3) is 16.8. The van der Waals surface area contributed by atoms with Crippen molar-refractivity contribution < 1.29 is 19.1 Å². The van der Waals surface area contributed by atoms with Crippen molar-refractivity contribution in [3.8, 4) is 0 Å². The van der Waals surface area contributed by atoms with Gasteiger partial charge in [-0.25, -0.2) is 0 Å². The summed E-state index contributed by atoms with van der Waals surface area (Å²) in [5.74, 6) is 1.33. The van der Waals surface area contributed by atoms with E-state index < -0.39 is 5.41 Å². The van der Waals surface area contributed by atoms with Crippen molar-refractivity contribution >= 4 is 11.9 Å². The summed E-state index contributed by atoms with van der Waals surface area (Å²) in [7, 11) is 4.06. The van der Waals surface area contributed by atoms with Crippen molar-refractivity contribution in [1.82, 2.24) is 4.90 Å². The van der Waals surface area contributed by atoms with Gasteiger partial charge in [0.25, 0.3) is 0 Å². The van der Waals surface area contributed by atoms with Crippen molar-refractivity contribution in [3.05, 3.63) is 12.2 Å². The van der Waals surface area contributed by atoms with Crippen molar-refractivity contribution in [2.75, 3.05) is 27.2 Å². The summed E-state index contributed by atoms with van der Waals surface area (Å²) in [5, 5.41) is 0. The Bertz CT molecular complexity index is 811. The molecule has 0 aliphatic rings. The van der Waals surface area contributed by atoms with Crippen LogP contribution in [0, 0.1) is 34.0 Å². The summed E-state index contributed by atoms with van der Waals surface area (Å²) >= 11 is 0. The quantitative estimate of drug-likeness (QED) is 0.0577. The molecule has 0 saturated carbocycles. The molecule has 5 nitrogen and oxygen atoms in total. The molecule has 0 fully saturated rings. The van der Waals surface area contributed by atoms with Crippen LogP contribution in [0.15, 0.2) is 12.2 Å². The first-order valence-electron chi connectivity index (χ1n) is 18.1. The highest BCUT2D eigenvalue weighted by Gasteiger charge is 2.43. The number of hydrogen-bond donors (Lipinski definition) is 0. The van der Waals surface area contributed by atoms with Gasteiger partial charge in [-0.3, -0.25) is 9.59 Å². The van der Waals surface area contributed by atoms with Crippen LogP contribution in [-0.4, -0.2) is 50.2 Å². The Labute approximate surface area is 274 Å². The lowest BCUT2D eigenvalue weighted by molar-refractivity contribution is -0.160. The van der Waals surface area contributed by atoms with E-state index in [1.807, 2.05) is 47.9 Å². The Kier molecular flexibility index (Phi) is 20.8. The minimum Gasteiger partial charge on any atom is -0.462 e. The molecule has 0 rings (SSSR count). The molecule has 0 radical (unpaired) electrons. The van der Waals surface area contributed by atoms with Gasteiger partial charge in [-0.15, -0.1) is 0 Å². The Morgan fingerprint density at radius 3 is 1.89 bits per heavy atom. The number of unbranched alkanes of at least 4 members (excludes halogenated alkanes) is 4. The Morgan fingerprint density at radius 1 is 0.750 bits per heavy atom. The van der Waals surface area contributed by atoms with Gasteiger partial charge < -0.3 is 14.4 Å². The number of ether oxygens (including phenoxy) is 2. The minimum absolute atomic E-state index is 0.102. The molecule has 44 heavy (non-hydrogen) atoms. The van der Waals surface area contributed by atoms with Crippen LogP contribution in [0.25, 0.3) is 0 Å². The molecule has 0 aliphatic carbocycles. The van der Waals surface area contributed by atoms with Gasteiger partial charge in [0.1, 0.15) is 12.7 Å². The van der Waals surface area contributed by atoms with Crippen LogP contribution < -0.4 is 0 Å². The standard InChI is InChI=1S/C39H75NO4/c1-14-15-16-17-18-22-32(4)23-19-24-33(5)26-27-34(44-35(41)25-20-29-40(12)13)39(10,11)37(6,7)28-21-30-43-36(42)38(8,9)31(2)3/h21,28,31-34H,14-20,22-27,29-30H2,1-13H3/b28-21+. The monoisotopic (exact) mass is 622 g/mol. The van der Waals surface area contributed by atoms with Gasteiger partial charge in [-0.05, 0) is 76.9 Å². The van der Waals surface area contributed by atoms with E-state index in [0.29, 0.717) is 12.3 Å². The number of carbonyl (C=O) groups excluding carboxylic acids is 2. The lowest BCUT2D eigenvalue weighted by Crippen LogP contribution is -2.44. The maximum absolute atomic E-state index is 13.0. The van der Waals surface area contributed by atoms with E-state index in [4.69, 9.17) is 9.47 Å². The zero-order chi connectivity index (χ0) is 34.0. The number of carbonyl (C=O) groups is 2. The summed E-state index contributed by atoms with van der Waals surface area (Å²) in [4.78, 5) is 27.7. The zero-order valence-corrected chi connectivity index (χ0v) is 31.7. The normalized spacial score (nSPS) is 15.2. The third-order valence-electron chi connectivity index (χ3n) is 10.7. The SMILES string of the molecule is CCCCCCCC(C)CCCC(C)CCC(OC(=O)CCCN(C)C)C(C)(C)C(C)(C)/C=C/COC(=O)C(C)(C)C(C)C. The molecule has 0 saturated heterocycles. The molecule has 3 atom stereocenters. The van der Waals surface area contributed by atoms with Gasteiger partial charge in [0, 0.05) is 11.8 Å². The molecule has 0 heterocycles. The molecule has 0 N–H and O–H groups in total. The second kappa shape index (κ2) is 21.4. The zero-order valence-electron chi connectivity index (χ0n) is 31.7. The smallest absolute Gasteiger partial charge is 0.312 e. The van der Waals surface area contributed by atoms with Crippen LogP contribution in [0.5, 0.6) is 0 Å². The van der Waals surface area contributed by atoms with E-state index >= 15 is 0 Å². The van der Waals surface area contributed by atoms with Crippen molar-refractivity contribution in [3.63, 3.8) is 0 Å². The van der Waals surface area contributed by atoms with Crippen LogP contribution in [-0.2, 0) is 19.1 Å². The van der Waals surface area contributed by atoms with Gasteiger partial charge >= 0.3 is 11.9 Å². The van der Waals surface area contributed by atoms with Crippen molar-refractivity contribution in [2.45, 2.75) is 166 Å². The first-order valence-corrected chi connectivity index (χ1v) is 18.1. The van der Waals surface area contributed by atoms with Gasteiger partial charge in [-0.1, -0.05) is 132 Å². The van der Waals surface area contributed by atoms with E-state index in [-0.39, 0.29) is 41.4 Å². The summed E-state index contributed by atoms with van der Waals surface area (Å²) < 4.78 is 11.9. The largest absolute Gasteiger partial charge is 0.462 e. The second-order valence-corrected chi connectivity index (χ2v) is 16.1. The fourth-order valence-corrected chi connectivity index (χ4v) is 5.48. The van der Waals surface area contributed by atoms with Crippen LogP contribution in [0.1, 0.15) is 160 Å². The molecule has 0 spiro atoms. The molecule has 0 bridgehead atoms. The fourth-order valence-electron chi connectivity index (χ4n) is 5.48. The average Bonchev–Trinajstić information content (AvgIpc) is 2.92. The van der Waals surface area contributed by atoms with Gasteiger partial charge in [-0.2, -0.15) is 0 Å². The summed E-state index contributed by atoms with van der Waals surface area (Å²) in [5.41, 5.74) is -1.11. The molecular weight excluding hydrogens is 546 g/mol. The van der Waals surface area contributed by atoms with E-state index in [2.05, 4.69) is 59.4 Å². The predicted molar refractivity (Wildman–Crippen MR) is 189 cm³/mol. The van der Waals surface area contributed by atoms with Crippen LogP contribution in [0.2, 0.25) is 0 Å². The van der Waals surface area contributed by atoms with Gasteiger partial charge in [0.05, 0.1) is 5.41 Å². The highest BCUT2D eigenvalue weighted by atomic mass is 16.5. The fraction of sp³-hybridized carbons (Fsp3) is 0.897. The molecule has 3 unspecified atom stereocenters. The highest BCUT2D eigenvalue weighted by Crippen LogP contribution is 2.45. The Morgan fingerprint density at radius 2 is 1.32 bits per heavy atom. The number of allylic oxidation sites excluding steroid dienone is 1. The second-order valence-electron chi connectivity index (χ2n) is 16.1. The van der Waals surface area contributed by atoms with E-state index in [0.717, 1.165) is 31.7 Å². The topological polar surface area (TPSA) is 55.8 Å². The Hall–Kier alpha value is -1.36. The maximum atomic E-state index is 13.0. The van der Waals surface area contributed by atoms with Gasteiger partial charge in [0.15, 0.2) is 0 Å². The first-order chi connectivity index (χ1) is 20.4. The molecule has 0 aliphatic heterocycles. The third-order valence-corrected chi connectivity index (χ3v) is 10.7. The minimum atomic E-state index is -0.516. The Balaban J connectivity index is 5.27. The van der Waals surface area contributed by atoms with Crippen molar-refractivity contribution in [2.24, 2.45) is 34.0 Å². The molecule has 260 valence electrons. The highest BCUT2D eigenvalue weighted by molar-refractivity contribution is 5.76. The van der Waals surface area contributed by atoms with Crippen LogP contribution in [0.3, 0.4) is 0 Å². The number of rotatable bonds is 25. The predicted octanol–water partition coefficient (Wildman–Crippen LogP) is 10.7. The van der Waals surface area contributed by atoms with Crippen molar-refractivity contribution in [1.29, 1.82) is 0 Å². The molecule has 0 aromatic carbocycles. The lowest BCUT2D eigenvalue weighted by Gasteiger charge is -2.45. The van der Waals surface area contributed by atoms with E-state index in [9.17, 15) is 9.59 Å².